The Hall–Kier alpha value is -2.54. The van der Waals surface area contributed by atoms with E-state index < -0.39 is 6.61 Å². The first-order chi connectivity index (χ1) is 13.5. The maximum atomic E-state index is 13.2. The maximum Gasteiger partial charge on any atom is 0.387 e. The molecule has 0 N–H and O–H groups in total. The van der Waals surface area contributed by atoms with E-state index in [0.29, 0.717) is 26.2 Å². The molecule has 0 aromatic heterocycles. The summed E-state index contributed by atoms with van der Waals surface area (Å²) in [6, 6.07) is 12.7. The van der Waals surface area contributed by atoms with Crippen LogP contribution in [-0.4, -0.2) is 48.5 Å². The Kier molecular flexibility index (Phi) is 6.57. The van der Waals surface area contributed by atoms with Crippen molar-refractivity contribution in [3.8, 4) is 5.75 Å². The number of amides is 1. The summed E-state index contributed by atoms with van der Waals surface area (Å²) in [6.07, 6.45) is 0.866. The quantitative estimate of drug-likeness (QED) is 0.733. The van der Waals surface area contributed by atoms with E-state index in [1.165, 1.54) is 24.3 Å². The molecule has 3 rings (SSSR count). The van der Waals surface area contributed by atoms with Gasteiger partial charge in [0, 0.05) is 32.2 Å². The van der Waals surface area contributed by atoms with Crippen LogP contribution in [0.2, 0.25) is 0 Å². The zero-order chi connectivity index (χ0) is 20.1. The summed E-state index contributed by atoms with van der Waals surface area (Å²) in [6.45, 7) is 1.37. The molecule has 0 aliphatic carbocycles. The molecular weight excluding hydrogens is 369 g/mol. The molecule has 0 radical (unpaired) electrons. The molecule has 0 saturated carbocycles. The molecule has 0 bridgehead atoms. The van der Waals surface area contributed by atoms with Gasteiger partial charge in [-0.3, -0.25) is 9.69 Å². The molecule has 28 heavy (non-hydrogen) atoms. The highest BCUT2D eigenvalue weighted by atomic mass is 19.3. The van der Waals surface area contributed by atoms with E-state index in [2.05, 4.69) is 16.6 Å². The van der Waals surface area contributed by atoms with Crippen molar-refractivity contribution in [3.05, 3.63) is 65.5 Å². The fourth-order valence-electron chi connectivity index (χ4n) is 3.64. The minimum atomic E-state index is -2.98. The van der Waals surface area contributed by atoms with E-state index in [1.807, 2.05) is 0 Å². The number of hydrogen-bond acceptors (Lipinski definition) is 3. The highest BCUT2D eigenvalue weighted by molar-refractivity contribution is 5.97. The first-order valence-electron chi connectivity index (χ1n) is 9.32. The van der Waals surface area contributed by atoms with Crippen LogP contribution in [0.25, 0.3) is 0 Å². The van der Waals surface area contributed by atoms with Gasteiger partial charge >= 0.3 is 6.61 Å². The molecule has 1 amide bonds. The van der Waals surface area contributed by atoms with Crippen LogP contribution in [0.3, 0.4) is 0 Å². The number of ether oxygens (including phenoxy) is 1. The lowest BCUT2D eigenvalue weighted by Crippen LogP contribution is -2.49. The van der Waals surface area contributed by atoms with Crippen molar-refractivity contribution in [3.63, 3.8) is 0 Å². The number of nitrogens with zero attached hydrogens (tertiary/aromatic N) is 2. The number of carbonyl (C=O) groups excluding carboxylic acids is 1. The molecule has 1 aliphatic rings. The lowest BCUT2D eigenvalue weighted by atomic mass is 10.0. The van der Waals surface area contributed by atoms with Crippen LogP contribution in [0, 0.1) is 5.82 Å². The van der Waals surface area contributed by atoms with Crippen molar-refractivity contribution >= 4 is 5.91 Å². The number of carbonyl (C=O) groups is 1. The average Bonchev–Trinajstić information content (AvgIpc) is 2.70. The predicted molar refractivity (Wildman–Crippen MR) is 100.0 cm³/mol. The van der Waals surface area contributed by atoms with Gasteiger partial charge in [0.1, 0.15) is 11.6 Å². The van der Waals surface area contributed by atoms with Gasteiger partial charge in [-0.05, 0) is 36.2 Å². The van der Waals surface area contributed by atoms with Crippen LogP contribution in [0.15, 0.2) is 48.5 Å². The van der Waals surface area contributed by atoms with E-state index in [9.17, 15) is 18.0 Å². The number of hydrogen-bond donors (Lipinski definition) is 0. The zero-order valence-electron chi connectivity index (χ0n) is 15.7. The summed E-state index contributed by atoms with van der Waals surface area (Å²) in [5.74, 6) is -0.688. The summed E-state index contributed by atoms with van der Waals surface area (Å²) in [4.78, 5) is 16.7. The van der Waals surface area contributed by atoms with Crippen LogP contribution in [0.5, 0.6) is 5.75 Å². The smallest absolute Gasteiger partial charge is 0.387 e. The van der Waals surface area contributed by atoms with Crippen molar-refractivity contribution in [2.45, 2.75) is 26.0 Å². The maximum absolute atomic E-state index is 13.2. The molecule has 1 fully saturated rings. The van der Waals surface area contributed by atoms with Crippen LogP contribution in [0.4, 0.5) is 13.2 Å². The number of halogens is 3. The third-order valence-corrected chi connectivity index (χ3v) is 5.02. The first-order valence-corrected chi connectivity index (χ1v) is 9.32. The van der Waals surface area contributed by atoms with Crippen molar-refractivity contribution in [2.75, 3.05) is 26.2 Å². The van der Waals surface area contributed by atoms with E-state index in [4.69, 9.17) is 0 Å². The summed E-state index contributed by atoms with van der Waals surface area (Å²) >= 11 is 0. The zero-order valence-corrected chi connectivity index (χ0v) is 15.7. The van der Waals surface area contributed by atoms with Gasteiger partial charge in [0.2, 0.25) is 0 Å². The Balaban J connectivity index is 1.66. The minimum Gasteiger partial charge on any atom is -0.434 e. The first kappa shape index (κ1) is 20.2. The Labute approximate surface area is 162 Å². The molecule has 2 aromatic carbocycles. The van der Waals surface area contributed by atoms with Crippen molar-refractivity contribution in [1.82, 2.24) is 9.80 Å². The van der Waals surface area contributed by atoms with Gasteiger partial charge in [0.25, 0.3) is 5.91 Å². The molecule has 1 atom stereocenters. The lowest BCUT2D eigenvalue weighted by molar-refractivity contribution is -0.0503. The Morgan fingerprint density at radius 3 is 2.29 bits per heavy atom. The standard InChI is InChI=1S/C21H23F3N2O2/c1-2-18(15-7-9-16(22)10-8-15)25-11-13-26(14-12-25)20(27)17-5-3-4-6-19(17)28-21(23)24/h3-10,18,21H,2,11-14H2,1H3. The minimum absolute atomic E-state index is 0.109. The van der Waals surface area contributed by atoms with Gasteiger partial charge in [0.05, 0.1) is 5.56 Å². The van der Waals surface area contributed by atoms with Crippen molar-refractivity contribution in [1.29, 1.82) is 0 Å². The molecular formula is C21H23F3N2O2. The summed E-state index contributed by atoms with van der Waals surface area (Å²) < 4.78 is 42.9. The topological polar surface area (TPSA) is 32.8 Å². The lowest BCUT2D eigenvalue weighted by Gasteiger charge is -2.39. The fraction of sp³-hybridized carbons (Fsp3) is 0.381. The molecule has 1 heterocycles. The van der Waals surface area contributed by atoms with Crippen LogP contribution in [0.1, 0.15) is 35.3 Å². The second kappa shape index (κ2) is 9.10. The van der Waals surface area contributed by atoms with Crippen LogP contribution < -0.4 is 4.74 Å². The monoisotopic (exact) mass is 392 g/mol. The van der Waals surface area contributed by atoms with Gasteiger partial charge < -0.3 is 9.64 Å². The van der Waals surface area contributed by atoms with E-state index in [-0.39, 0.29) is 29.1 Å². The van der Waals surface area contributed by atoms with Gasteiger partial charge in [0.15, 0.2) is 0 Å². The molecule has 7 heteroatoms. The number of rotatable bonds is 6. The number of piperazine rings is 1. The highest BCUT2D eigenvalue weighted by Gasteiger charge is 2.28. The predicted octanol–water partition coefficient (Wildman–Crippen LogP) is 4.34. The third-order valence-electron chi connectivity index (χ3n) is 5.02. The van der Waals surface area contributed by atoms with Crippen molar-refractivity contribution < 1.29 is 22.7 Å². The van der Waals surface area contributed by atoms with Crippen LogP contribution in [-0.2, 0) is 0 Å². The molecule has 1 unspecified atom stereocenters. The van der Waals surface area contributed by atoms with E-state index in [1.54, 1.807) is 29.2 Å². The van der Waals surface area contributed by atoms with Crippen molar-refractivity contribution in [2.24, 2.45) is 0 Å². The number of para-hydroxylation sites is 1. The van der Waals surface area contributed by atoms with Gasteiger partial charge in [-0.25, -0.2) is 4.39 Å². The van der Waals surface area contributed by atoms with E-state index >= 15 is 0 Å². The third kappa shape index (κ3) is 4.65. The summed E-state index contributed by atoms with van der Waals surface area (Å²) in [7, 11) is 0. The Bertz CT molecular complexity index is 790. The molecule has 0 spiro atoms. The molecule has 2 aromatic rings. The molecule has 1 aliphatic heterocycles. The molecule has 150 valence electrons. The van der Waals surface area contributed by atoms with Gasteiger partial charge in [-0.2, -0.15) is 8.78 Å². The normalized spacial score (nSPS) is 16.2. The number of benzene rings is 2. The summed E-state index contributed by atoms with van der Waals surface area (Å²) in [5.41, 5.74) is 1.18. The Morgan fingerprint density at radius 1 is 1.04 bits per heavy atom. The van der Waals surface area contributed by atoms with Gasteiger partial charge in [-0.1, -0.05) is 31.2 Å². The Morgan fingerprint density at radius 2 is 1.68 bits per heavy atom. The van der Waals surface area contributed by atoms with Gasteiger partial charge in [-0.15, -0.1) is 0 Å². The fourth-order valence-corrected chi connectivity index (χ4v) is 3.64. The van der Waals surface area contributed by atoms with Crippen LogP contribution >= 0.6 is 0 Å². The SMILES string of the molecule is CCC(c1ccc(F)cc1)N1CCN(C(=O)c2ccccc2OC(F)F)CC1. The van der Waals surface area contributed by atoms with E-state index in [0.717, 1.165) is 12.0 Å². The molecule has 4 nitrogen and oxygen atoms in total. The second-order valence-corrected chi connectivity index (χ2v) is 6.68. The largest absolute Gasteiger partial charge is 0.434 e. The number of alkyl halides is 2. The highest BCUT2D eigenvalue weighted by Crippen LogP contribution is 2.27. The molecule has 1 saturated heterocycles. The average molecular weight is 392 g/mol. The second-order valence-electron chi connectivity index (χ2n) is 6.68. The summed E-state index contributed by atoms with van der Waals surface area (Å²) in [5, 5.41) is 0.